The smallest absolute Gasteiger partial charge is 0.412 e. The Balaban J connectivity index is 1.34. The number of ether oxygens (including phenoxy) is 1. The van der Waals surface area contributed by atoms with Crippen LogP contribution in [0.2, 0.25) is 0 Å². The second-order valence-corrected chi connectivity index (χ2v) is 12.1. The molecule has 2 aromatic rings. The fraction of sp³-hybridized carbons (Fsp3) is 0.382. The summed E-state index contributed by atoms with van der Waals surface area (Å²) < 4.78 is 10.8. The molecule has 13 nitrogen and oxygen atoms in total. The maximum atomic E-state index is 12.4. The van der Waals surface area contributed by atoms with Crippen LogP contribution in [0.25, 0.3) is 17.0 Å². The molecule has 47 heavy (non-hydrogen) atoms. The van der Waals surface area contributed by atoms with Crippen LogP contribution in [0.4, 0.5) is 15.3 Å². The van der Waals surface area contributed by atoms with Crippen LogP contribution < -0.4 is 16.0 Å². The number of aliphatic carboxylic acids is 1. The zero-order valence-electron chi connectivity index (χ0n) is 26.7. The lowest BCUT2D eigenvalue weighted by Gasteiger charge is -2.21. The van der Waals surface area contributed by atoms with Gasteiger partial charge in [0.15, 0.2) is 5.82 Å². The number of benzene rings is 1. The molecule has 1 aromatic heterocycles. The molecule has 3 amide bonds. The minimum absolute atomic E-state index is 0.0750. The predicted octanol–water partition coefficient (Wildman–Crippen LogP) is 5.49. The largest absolute Gasteiger partial charge is 0.480 e. The van der Waals surface area contributed by atoms with E-state index in [2.05, 4.69) is 37.7 Å². The molecule has 0 spiro atoms. The molecule has 2 unspecified atom stereocenters. The number of aromatic nitrogens is 2. The molecule has 2 aliphatic rings. The van der Waals surface area contributed by atoms with Crippen molar-refractivity contribution in [3.8, 4) is 11.5 Å². The second-order valence-electron chi connectivity index (χ2n) is 12.1. The third kappa shape index (κ3) is 10.3. The number of nitrogens with zero attached hydrogens (tertiary/aromatic N) is 3. The van der Waals surface area contributed by atoms with Crippen LogP contribution in [0.5, 0.6) is 0 Å². The van der Waals surface area contributed by atoms with Crippen LogP contribution in [0, 0.1) is 5.92 Å². The average molecular weight is 645 g/mol. The highest BCUT2D eigenvalue weighted by atomic mass is 16.6. The Morgan fingerprint density at radius 3 is 2.60 bits per heavy atom. The summed E-state index contributed by atoms with van der Waals surface area (Å²) in [5.74, 6) is -0.537. The molecule has 4 N–H and O–H groups in total. The number of aliphatic imine (C=N–C) groups is 1. The topological polar surface area (TPSA) is 185 Å². The predicted molar refractivity (Wildman–Crippen MR) is 177 cm³/mol. The SMILES string of the molecule is C=CC1=C(c2noc(-c3ccc(NC(=O)OC(C)(C)C)cc3)n2)CCC(CC(NC(=O)NCCN=C2C=CC(C=O)CC2)C(=O)O)=C1. The number of amides is 3. The summed E-state index contributed by atoms with van der Waals surface area (Å²) in [4.78, 5) is 56.3. The molecule has 2 atom stereocenters. The first-order valence-corrected chi connectivity index (χ1v) is 15.4. The first-order chi connectivity index (χ1) is 22.4. The normalized spacial score (nSPS) is 17.8. The zero-order chi connectivity index (χ0) is 34.0. The second kappa shape index (κ2) is 15.8. The van der Waals surface area contributed by atoms with Crippen molar-refractivity contribution in [2.75, 3.05) is 18.4 Å². The first kappa shape index (κ1) is 34.5. The van der Waals surface area contributed by atoms with Crippen LogP contribution in [0.1, 0.15) is 58.7 Å². The van der Waals surface area contributed by atoms with Gasteiger partial charge in [0.25, 0.3) is 5.89 Å². The van der Waals surface area contributed by atoms with E-state index < -0.39 is 29.7 Å². The van der Waals surface area contributed by atoms with Crippen molar-refractivity contribution in [3.05, 3.63) is 72.1 Å². The van der Waals surface area contributed by atoms with Gasteiger partial charge in [-0.25, -0.2) is 14.4 Å². The maximum Gasteiger partial charge on any atom is 0.412 e. The lowest BCUT2D eigenvalue weighted by atomic mass is 9.88. The van der Waals surface area contributed by atoms with Crippen LogP contribution in [-0.4, -0.2) is 70.1 Å². The molecule has 0 aliphatic heterocycles. The third-order valence-electron chi connectivity index (χ3n) is 7.32. The quantitative estimate of drug-likeness (QED) is 0.171. The van der Waals surface area contributed by atoms with Crippen molar-refractivity contribution in [2.45, 2.75) is 64.5 Å². The van der Waals surface area contributed by atoms with Crippen molar-refractivity contribution >= 4 is 41.4 Å². The Labute approximate surface area is 272 Å². The maximum absolute atomic E-state index is 12.4. The van der Waals surface area contributed by atoms with Gasteiger partial charge in [0.2, 0.25) is 0 Å². The molecule has 1 aromatic carbocycles. The number of nitrogens with one attached hydrogen (secondary N) is 3. The number of carboxylic acids is 1. The van der Waals surface area contributed by atoms with Gasteiger partial charge in [-0.15, -0.1) is 0 Å². The molecule has 0 fully saturated rings. The Kier molecular flexibility index (Phi) is 11.6. The molecule has 0 saturated carbocycles. The van der Waals surface area contributed by atoms with Gasteiger partial charge in [-0.2, -0.15) is 4.98 Å². The number of urea groups is 1. The van der Waals surface area contributed by atoms with E-state index in [9.17, 15) is 24.3 Å². The molecule has 1 heterocycles. The zero-order valence-corrected chi connectivity index (χ0v) is 26.7. The molecule has 0 saturated heterocycles. The molecular weight excluding hydrogens is 604 g/mol. The summed E-state index contributed by atoms with van der Waals surface area (Å²) >= 11 is 0. The van der Waals surface area contributed by atoms with E-state index in [1.807, 2.05) is 18.2 Å². The van der Waals surface area contributed by atoms with Crippen molar-refractivity contribution in [2.24, 2.45) is 10.9 Å². The van der Waals surface area contributed by atoms with Crippen LogP contribution in [0.3, 0.4) is 0 Å². The van der Waals surface area contributed by atoms with Gasteiger partial charge in [0.1, 0.15) is 17.9 Å². The number of rotatable bonds is 12. The van der Waals surface area contributed by atoms with Gasteiger partial charge in [0.05, 0.1) is 6.54 Å². The number of anilines is 1. The minimum atomic E-state index is -1.15. The highest BCUT2D eigenvalue weighted by Crippen LogP contribution is 2.33. The van der Waals surface area contributed by atoms with Crippen LogP contribution in [0.15, 0.2) is 75.8 Å². The number of carboxylic acid groups (broad SMARTS) is 1. The van der Waals surface area contributed by atoms with Gasteiger partial charge < -0.3 is 29.8 Å². The van der Waals surface area contributed by atoms with Gasteiger partial charge in [-0.05, 0) is 88.8 Å². The monoisotopic (exact) mass is 644 g/mol. The van der Waals surface area contributed by atoms with Crippen LogP contribution >= 0.6 is 0 Å². The number of hydrogen-bond acceptors (Lipinski definition) is 9. The summed E-state index contributed by atoms with van der Waals surface area (Å²) in [5, 5.41) is 21.8. The lowest BCUT2D eigenvalue weighted by molar-refractivity contribution is -0.139. The number of allylic oxidation sites excluding steroid dienone is 6. The van der Waals surface area contributed by atoms with E-state index in [0.717, 1.165) is 35.1 Å². The standard InChI is InChI=1S/C34H40N6O7/c1-5-23-18-22(19-28(31(42)43)38-32(44)36-17-16-35-25-11-6-21(20-41)7-12-25)8-15-27(23)29-39-30(47-40-29)24-9-13-26(14-10-24)37-33(45)46-34(2,3)4/h5-6,9-11,13-14,18,20-21,28H,1,7-8,12,15-17,19H2,2-4H3,(H,37,45)(H,42,43)(H2,36,38,44). The lowest BCUT2D eigenvalue weighted by Crippen LogP contribution is -2.46. The molecule has 0 radical (unpaired) electrons. The summed E-state index contributed by atoms with van der Waals surface area (Å²) in [5.41, 5.74) is 3.83. The first-order valence-electron chi connectivity index (χ1n) is 15.4. The molecule has 13 heteroatoms. The Morgan fingerprint density at radius 2 is 1.96 bits per heavy atom. The fourth-order valence-electron chi connectivity index (χ4n) is 4.99. The molecule has 0 bridgehead atoms. The average Bonchev–Trinajstić information content (AvgIpc) is 3.52. The molecule has 4 rings (SSSR count). The van der Waals surface area contributed by atoms with E-state index in [0.29, 0.717) is 48.8 Å². The number of carbonyl (C=O) groups is 4. The Bertz CT molecular complexity index is 1610. The van der Waals surface area contributed by atoms with Crippen molar-refractivity contribution in [1.29, 1.82) is 0 Å². The van der Waals surface area contributed by atoms with E-state index in [-0.39, 0.29) is 18.9 Å². The Hall–Kier alpha value is -5.33. The molecule has 2 aliphatic carbocycles. The third-order valence-corrected chi connectivity index (χ3v) is 7.32. The van der Waals surface area contributed by atoms with Crippen molar-refractivity contribution < 1.29 is 33.5 Å². The number of hydrogen-bond donors (Lipinski definition) is 4. The van der Waals surface area contributed by atoms with E-state index >= 15 is 0 Å². The highest BCUT2D eigenvalue weighted by Gasteiger charge is 2.25. The van der Waals surface area contributed by atoms with Gasteiger partial charge in [-0.3, -0.25) is 10.3 Å². The Morgan fingerprint density at radius 1 is 1.19 bits per heavy atom. The van der Waals surface area contributed by atoms with Gasteiger partial charge in [-0.1, -0.05) is 35.5 Å². The van der Waals surface area contributed by atoms with Gasteiger partial charge >= 0.3 is 18.1 Å². The minimum Gasteiger partial charge on any atom is -0.480 e. The summed E-state index contributed by atoms with van der Waals surface area (Å²) in [6.07, 6.45) is 10.1. The molecule has 248 valence electrons. The van der Waals surface area contributed by atoms with Crippen molar-refractivity contribution in [3.63, 3.8) is 0 Å². The summed E-state index contributed by atoms with van der Waals surface area (Å²) in [6, 6.07) is 5.17. The van der Waals surface area contributed by atoms with Crippen LogP contribution in [-0.2, 0) is 14.3 Å². The van der Waals surface area contributed by atoms with Crippen molar-refractivity contribution in [1.82, 2.24) is 20.8 Å². The molecular formula is C34H40N6O7. The summed E-state index contributed by atoms with van der Waals surface area (Å²) in [7, 11) is 0. The highest BCUT2D eigenvalue weighted by molar-refractivity contribution is 5.96. The van der Waals surface area contributed by atoms with E-state index in [1.54, 1.807) is 51.1 Å². The summed E-state index contributed by atoms with van der Waals surface area (Å²) in [6.45, 7) is 9.84. The van der Waals surface area contributed by atoms with E-state index in [4.69, 9.17) is 9.26 Å². The van der Waals surface area contributed by atoms with Gasteiger partial charge in [0, 0.05) is 35.0 Å². The number of carbonyl (C=O) groups excluding carboxylic acids is 3. The fourth-order valence-corrected chi connectivity index (χ4v) is 4.99. The van der Waals surface area contributed by atoms with E-state index in [1.165, 1.54) is 0 Å². The number of aldehydes is 1.